The smallest absolute Gasteiger partial charge is 0.230 e. The van der Waals surface area contributed by atoms with E-state index in [1.165, 1.54) is 6.33 Å². The molecule has 4 aromatic rings. The molecule has 172 valence electrons. The summed E-state index contributed by atoms with van der Waals surface area (Å²) >= 11 is 0. The third-order valence-corrected chi connectivity index (χ3v) is 6.20. The average molecular weight is 456 g/mol. The number of ether oxygens (including phenoxy) is 3. The SMILES string of the molecule is COc1cc2c(Oc3ccc4cc(C#N)cnc4c3)ncnc2cc1OCC1CCN(C)CC1. The van der Waals surface area contributed by atoms with Crippen molar-refractivity contribution in [2.24, 2.45) is 5.92 Å². The van der Waals surface area contributed by atoms with E-state index in [2.05, 4.69) is 33.0 Å². The van der Waals surface area contributed by atoms with Gasteiger partial charge in [-0.05, 0) is 63.2 Å². The molecule has 0 N–H and O–H groups in total. The normalized spacial score (nSPS) is 14.7. The number of methoxy groups -OCH3 is 1. The summed E-state index contributed by atoms with van der Waals surface area (Å²) in [7, 11) is 3.78. The molecule has 1 aliphatic heterocycles. The van der Waals surface area contributed by atoms with Crippen molar-refractivity contribution in [2.45, 2.75) is 12.8 Å². The van der Waals surface area contributed by atoms with Gasteiger partial charge in [0.25, 0.3) is 0 Å². The van der Waals surface area contributed by atoms with Crippen LogP contribution in [0.1, 0.15) is 18.4 Å². The molecule has 0 amide bonds. The Balaban J connectivity index is 1.40. The Bertz CT molecular complexity index is 1380. The summed E-state index contributed by atoms with van der Waals surface area (Å²) < 4.78 is 17.9. The van der Waals surface area contributed by atoms with Crippen LogP contribution in [-0.4, -0.2) is 53.7 Å². The molecule has 0 aliphatic carbocycles. The van der Waals surface area contributed by atoms with E-state index < -0.39 is 0 Å². The number of benzene rings is 2. The average Bonchev–Trinajstić information content (AvgIpc) is 2.87. The van der Waals surface area contributed by atoms with E-state index in [1.54, 1.807) is 19.4 Å². The van der Waals surface area contributed by atoms with Crippen molar-refractivity contribution in [3.8, 4) is 29.2 Å². The number of pyridine rings is 1. The molecular weight excluding hydrogens is 430 g/mol. The molecule has 8 heteroatoms. The van der Waals surface area contributed by atoms with Crippen LogP contribution in [0.5, 0.6) is 23.1 Å². The number of nitrogens with zero attached hydrogens (tertiary/aromatic N) is 5. The first-order valence-corrected chi connectivity index (χ1v) is 11.2. The summed E-state index contributed by atoms with van der Waals surface area (Å²) in [4.78, 5) is 15.5. The first-order valence-electron chi connectivity index (χ1n) is 11.2. The highest BCUT2D eigenvalue weighted by atomic mass is 16.5. The minimum absolute atomic E-state index is 0.415. The van der Waals surface area contributed by atoms with Gasteiger partial charge in [-0.25, -0.2) is 9.97 Å². The van der Waals surface area contributed by atoms with E-state index in [9.17, 15) is 0 Å². The van der Waals surface area contributed by atoms with Gasteiger partial charge in [-0.3, -0.25) is 4.98 Å². The monoisotopic (exact) mass is 455 g/mol. The number of aromatic nitrogens is 3. The molecule has 1 fully saturated rings. The molecular formula is C26H25N5O3. The molecule has 3 heterocycles. The second kappa shape index (κ2) is 9.49. The third kappa shape index (κ3) is 4.56. The molecule has 1 saturated heterocycles. The highest BCUT2D eigenvalue weighted by Crippen LogP contribution is 2.37. The van der Waals surface area contributed by atoms with Crippen LogP contribution in [0.2, 0.25) is 0 Å². The van der Waals surface area contributed by atoms with Crippen LogP contribution in [0, 0.1) is 17.2 Å². The number of likely N-dealkylation sites (tertiary alicyclic amines) is 1. The molecule has 2 aromatic heterocycles. The van der Waals surface area contributed by atoms with Gasteiger partial charge < -0.3 is 19.1 Å². The molecule has 0 bridgehead atoms. The zero-order chi connectivity index (χ0) is 23.5. The molecule has 34 heavy (non-hydrogen) atoms. The van der Waals surface area contributed by atoms with Crippen molar-refractivity contribution in [3.63, 3.8) is 0 Å². The van der Waals surface area contributed by atoms with E-state index >= 15 is 0 Å². The van der Waals surface area contributed by atoms with E-state index in [1.807, 2.05) is 30.3 Å². The predicted molar refractivity (Wildman–Crippen MR) is 128 cm³/mol. The summed E-state index contributed by atoms with van der Waals surface area (Å²) in [6.07, 6.45) is 5.28. The number of piperidine rings is 1. The molecule has 0 spiro atoms. The maximum Gasteiger partial charge on any atom is 0.230 e. The van der Waals surface area contributed by atoms with Crippen LogP contribution in [0.3, 0.4) is 0 Å². The number of rotatable bonds is 6. The standard InChI is InChI=1S/C26H25N5O3/c1-31-7-5-17(6-8-31)15-33-25-12-23-21(11-24(25)32-2)26(30-16-29-23)34-20-4-3-19-9-18(13-27)14-28-22(19)10-20/h3-4,9-12,14,16-17H,5-8,15H2,1-2H3. The van der Waals surface area contributed by atoms with Crippen LogP contribution in [0.25, 0.3) is 21.8 Å². The van der Waals surface area contributed by atoms with E-state index in [0.717, 1.165) is 42.2 Å². The van der Waals surface area contributed by atoms with Crippen LogP contribution in [-0.2, 0) is 0 Å². The summed E-state index contributed by atoms with van der Waals surface area (Å²) in [5, 5.41) is 10.7. The second-order valence-corrected chi connectivity index (χ2v) is 8.55. The van der Waals surface area contributed by atoms with Crippen molar-refractivity contribution < 1.29 is 14.2 Å². The maximum atomic E-state index is 9.07. The van der Waals surface area contributed by atoms with Gasteiger partial charge in [0.2, 0.25) is 5.88 Å². The van der Waals surface area contributed by atoms with Crippen molar-refractivity contribution in [1.82, 2.24) is 19.9 Å². The summed E-state index contributed by atoms with van der Waals surface area (Å²) in [6.45, 7) is 2.85. The minimum Gasteiger partial charge on any atom is -0.493 e. The van der Waals surface area contributed by atoms with E-state index in [-0.39, 0.29) is 0 Å². The fourth-order valence-electron chi connectivity index (χ4n) is 4.17. The quantitative estimate of drug-likeness (QED) is 0.417. The van der Waals surface area contributed by atoms with Crippen molar-refractivity contribution in [3.05, 3.63) is 54.5 Å². The lowest BCUT2D eigenvalue weighted by Crippen LogP contribution is -2.32. The van der Waals surface area contributed by atoms with Crippen molar-refractivity contribution in [2.75, 3.05) is 33.9 Å². The molecule has 0 unspecified atom stereocenters. The van der Waals surface area contributed by atoms with Gasteiger partial charge in [-0.1, -0.05) is 0 Å². The van der Waals surface area contributed by atoms with Crippen molar-refractivity contribution >= 4 is 21.8 Å². The highest BCUT2D eigenvalue weighted by molar-refractivity contribution is 5.87. The van der Waals surface area contributed by atoms with E-state index in [0.29, 0.717) is 46.7 Å². The summed E-state index contributed by atoms with van der Waals surface area (Å²) in [6, 6.07) is 13.2. The maximum absolute atomic E-state index is 9.07. The van der Waals surface area contributed by atoms with Gasteiger partial charge in [0.05, 0.1) is 35.7 Å². The molecule has 0 radical (unpaired) electrons. The number of fused-ring (bicyclic) bond motifs is 2. The van der Waals surface area contributed by atoms with Gasteiger partial charge in [-0.15, -0.1) is 0 Å². The van der Waals surface area contributed by atoms with Crippen LogP contribution in [0.4, 0.5) is 0 Å². The van der Waals surface area contributed by atoms with Gasteiger partial charge in [-0.2, -0.15) is 5.26 Å². The first-order chi connectivity index (χ1) is 16.6. The Hall–Kier alpha value is -3.96. The summed E-state index contributed by atoms with van der Waals surface area (Å²) in [5.74, 6) is 2.82. The topological polar surface area (TPSA) is 93.4 Å². The lowest BCUT2D eigenvalue weighted by molar-refractivity contribution is 0.157. The molecule has 2 aromatic carbocycles. The molecule has 0 saturated carbocycles. The Morgan fingerprint density at radius 1 is 1.03 bits per heavy atom. The molecule has 5 rings (SSSR count). The fourth-order valence-corrected chi connectivity index (χ4v) is 4.17. The van der Waals surface area contributed by atoms with Crippen LogP contribution in [0.15, 0.2) is 48.9 Å². The highest BCUT2D eigenvalue weighted by Gasteiger charge is 2.19. The lowest BCUT2D eigenvalue weighted by Gasteiger charge is -2.28. The predicted octanol–water partition coefficient (Wildman–Crippen LogP) is 4.57. The Labute approximate surface area is 197 Å². The zero-order valence-corrected chi connectivity index (χ0v) is 19.2. The largest absolute Gasteiger partial charge is 0.493 e. The van der Waals surface area contributed by atoms with Gasteiger partial charge in [0.15, 0.2) is 11.5 Å². The van der Waals surface area contributed by atoms with Gasteiger partial charge >= 0.3 is 0 Å². The van der Waals surface area contributed by atoms with Crippen molar-refractivity contribution in [1.29, 1.82) is 5.26 Å². The van der Waals surface area contributed by atoms with Gasteiger partial charge in [0.1, 0.15) is 18.1 Å². The molecule has 1 aliphatic rings. The zero-order valence-electron chi connectivity index (χ0n) is 19.2. The third-order valence-electron chi connectivity index (χ3n) is 6.20. The van der Waals surface area contributed by atoms with Crippen LogP contribution >= 0.6 is 0 Å². The molecule has 0 atom stereocenters. The second-order valence-electron chi connectivity index (χ2n) is 8.55. The summed E-state index contributed by atoms with van der Waals surface area (Å²) in [5.41, 5.74) is 1.96. The Morgan fingerprint density at radius 3 is 2.68 bits per heavy atom. The van der Waals surface area contributed by atoms with Gasteiger partial charge in [0, 0.05) is 23.7 Å². The lowest BCUT2D eigenvalue weighted by atomic mass is 9.98. The fraction of sp³-hybridized carbons (Fsp3) is 0.308. The Morgan fingerprint density at radius 2 is 1.88 bits per heavy atom. The van der Waals surface area contributed by atoms with E-state index in [4.69, 9.17) is 19.5 Å². The van der Waals surface area contributed by atoms with Crippen LogP contribution < -0.4 is 14.2 Å². The minimum atomic E-state index is 0.415. The Kier molecular flexibility index (Phi) is 6.11. The number of nitriles is 1. The number of hydrogen-bond donors (Lipinski definition) is 0. The number of hydrogen-bond acceptors (Lipinski definition) is 8. The first kappa shape index (κ1) is 21.9. The molecule has 8 nitrogen and oxygen atoms in total.